The van der Waals surface area contributed by atoms with Gasteiger partial charge in [-0.3, -0.25) is 4.18 Å². The van der Waals surface area contributed by atoms with Crippen LogP contribution >= 0.6 is 0 Å². The number of hydrogen-bond acceptors (Lipinski definition) is 5. The predicted molar refractivity (Wildman–Crippen MR) is 114 cm³/mol. The fourth-order valence-corrected chi connectivity index (χ4v) is 6.94. The molecule has 0 radical (unpaired) electrons. The van der Waals surface area contributed by atoms with Crippen LogP contribution in [-0.4, -0.2) is 29.7 Å². The number of halogens is 5. The summed E-state index contributed by atoms with van der Waals surface area (Å²) >= 11 is 0. The van der Waals surface area contributed by atoms with E-state index >= 15 is 0 Å². The molecule has 3 rings (SSSR count). The summed E-state index contributed by atoms with van der Waals surface area (Å²) in [4.78, 5) is -0.428. The Hall–Kier alpha value is -2.05. The van der Waals surface area contributed by atoms with Gasteiger partial charge in [0.1, 0.15) is 16.4 Å². The third-order valence-electron chi connectivity index (χ3n) is 6.16. The van der Waals surface area contributed by atoms with Crippen molar-refractivity contribution in [2.75, 3.05) is 12.9 Å². The minimum absolute atomic E-state index is 0.101. The van der Waals surface area contributed by atoms with Crippen LogP contribution in [0.3, 0.4) is 0 Å². The van der Waals surface area contributed by atoms with Crippen molar-refractivity contribution in [3.05, 3.63) is 65.2 Å². The zero-order valence-corrected chi connectivity index (χ0v) is 19.7. The first-order valence-corrected chi connectivity index (χ1v) is 13.7. The zero-order chi connectivity index (χ0) is 25.4. The third kappa shape index (κ3) is 5.60. The molecule has 0 N–H and O–H groups in total. The molecule has 0 saturated heterocycles. The molecule has 0 unspecified atom stereocenters. The van der Waals surface area contributed by atoms with Gasteiger partial charge < -0.3 is 0 Å². The summed E-state index contributed by atoms with van der Waals surface area (Å²) in [6.07, 6.45) is -3.22. The van der Waals surface area contributed by atoms with Gasteiger partial charge in [0.15, 0.2) is 9.84 Å². The Balaban J connectivity index is 1.98. The van der Waals surface area contributed by atoms with E-state index in [-0.39, 0.29) is 43.8 Å². The molecule has 1 aliphatic rings. The average Bonchev–Trinajstić information content (AvgIpc) is 2.74. The number of sulfone groups is 1. The first kappa shape index (κ1) is 26.6. The maximum atomic E-state index is 14.8. The summed E-state index contributed by atoms with van der Waals surface area (Å²) in [6.45, 7) is -0.101. The quantitative estimate of drug-likeness (QED) is 0.366. The highest BCUT2D eigenvalue weighted by Gasteiger charge is 2.50. The molecule has 2 aromatic rings. The molecule has 0 amide bonds. The van der Waals surface area contributed by atoms with Gasteiger partial charge in [0.2, 0.25) is 0 Å². The molecule has 12 heteroatoms. The lowest BCUT2D eigenvalue weighted by Crippen LogP contribution is -2.41. The summed E-state index contributed by atoms with van der Waals surface area (Å²) in [6, 6.07) is 5.40. The molecule has 34 heavy (non-hydrogen) atoms. The molecule has 0 bridgehead atoms. The smallest absolute Gasteiger partial charge is 0.270 e. The topological polar surface area (TPSA) is 77.5 Å². The Morgan fingerprint density at radius 2 is 1.56 bits per heavy atom. The van der Waals surface area contributed by atoms with Crippen molar-refractivity contribution in [3.63, 3.8) is 0 Å². The Labute approximate surface area is 195 Å². The van der Waals surface area contributed by atoms with Crippen molar-refractivity contribution >= 4 is 20.0 Å². The largest absolute Gasteiger partial charge is 0.416 e. The lowest BCUT2D eigenvalue weighted by molar-refractivity contribution is -0.137. The molecular formula is C22H23F5O5S2. The van der Waals surface area contributed by atoms with Crippen LogP contribution in [0, 0.1) is 17.6 Å². The summed E-state index contributed by atoms with van der Waals surface area (Å²) in [5, 5.41) is 0. The van der Waals surface area contributed by atoms with Crippen LogP contribution in [-0.2, 0) is 35.1 Å². The number of alkyl halides is 3. The minimum atomic E-state index is -4.67. The fraction of sp³-hybridized carbons (Fsp3) is 0.455. The molecule has 5 nitrogen and oxygen atoms in total. The van der Waals surface area contributed by atoms with Gasteiger partial charge >= 0.3 is 6.18 Å². The van der Waals surface area contributed by atoms with Crippen molar-refractivity contribution in [1.29, 1.82) is 0 Å². The summed E-state index contributed by atoms with van der Waals surface area (Å²) < 4.78 is 120. The molecule has 0 heterocycles. The van der Waals surface area contributed by atoms with E-state index < -0.39 is 53.0 Å². The molecule has 1 saturated carbocycles. The molecule has 1 fully saturated rings. The van der Waals surface area contributed by atoms with Crippen LogP contribution in [0.1, 0.15) is 43.2 Å². The Bertz CT molecular complexity index is 1230. The van der Waals surface area contributed by atoms with Crippen LogP contribution in [0.4, 0.5) is 22.0 Å². The lowest BCUT2D eigenvalue weighted by Gasteiger charge is -2.40. The molecule has 188 valence electrons. The second-order valence-corrected chi connectivity index (χ2v) is 12.3. The number of rotatable bonds is 7. The van der Waals surface area contributed by atoms with Crippen LogP contribution in [0.5, 0.6) is 0 Å². The second kappa shape index (κ2) is 9.54. The van der Waals surface area contributed by atoms with E-state index in [2.05, 4.69) is 0 Å². The highest BCUT2D eigenvalue weighted by Crippen LogP contribution is 2.50. The fourth-order valence-electron chi connectivity index (χ4n) is 4.38. The van der Waals surface area contributed by atoms with E-state index in [1.165, 1.54) is 0 Å². The lowest BCUT2D eigenvalue weighted by atomic mass is 9.76. The summed E-state index contributed by atoms with van der Waals surface area (Å²) in [5.74, 6) is -1.91. The first-order chi connectivity index (χ1) is 15.7. The predicted octanol–water partition coefficient (Wildman–Crippen LogP) is 5.21. The van der Waals surface area contributed by atoms with E-state index in [1.807, 2.05) is 0 Å². The van der Waals surface area contributed by atoms with Gasteiger partial charge in [-0.15, -0.1) is 0 Å². The van der Waals surface area contributed by atoms with E-state index in [0.717, 1.165) is 36.6 Å². The van der Waals surface area contributed by atoms with E-state index in [1.54, 1.807) is 0 Å². The average molecular weight is 527 g/mol. The Morgan fingerprint density at radius 3 is 2.09 bits per heavy atom. The number of benzene rings is 2. The molecular weight excluding hydrogens is 503 g/mol. The molecule has 1 aliphatic carbocycles. The van der Waals surface area contributed by atoms with Crippen molar-refractivity contribution in [2.24, 2.45) is 5.92 Å². The zero-order valence-electron chi connectivity index (χ0n) is 18.1. The van der Waals surface area contributed by atoms with Gasteiger partial charge in [0.25, 0.3) is 10.1 Å². The highest BCUT2D eigenvalue weighted by molar-refractivity contribution is 7.92. The SMILES string of the molecule is CS(=O)(=O)OCCC1CCC(c2cc(F)ccc2F)(S(=O)(=O)c2ccc(C(F)(F)F)cc2)CC1. The molecule has 0 aliphatic heterocycles. The molecule has 2 aromatic carbocycles. The Morgan fingerprint density at radius 1 is 0.971 bits per heavy atom. The van der Waals surface area contributed by atoms with E-state index in [4.69, 9.17) is 4.18 Å². The standard InChI is InChI=1S/C22H23F5O5S2/c1-33(28,29)32-13-10-15-8-11-21(12-9-15,19-14-17(23)4-7-20(19)24)34(30,31)18-5-2-16(3-6-18)22(25,26)27/h2-7,14-15H,8-13H2,1H3. The molecule has 0 spiro atoms. The maximum Gasteiger partial charge on any atom is 0.416 e. The van der Waals surface area contributed by atoms with Crippen LogP contribution < -0.4 is 0 Å². The van der Waals surface area contributed by atoms with Crippen molar-refractivity contribution < 1.29 is 43.0 Å². The van der Waals surface area contributed by atoms with Crippen LogP contribution in [0.2, 0.25) is 0 Å². The van der Waals surface area contributed by atoms with E-state index in [9.17, 15) is 38.8 Å². The maximum absolute atomic E-state index is 14.8. The second-order valence-electron chi connectivity index (χ2n) is 8.40. The van der Waals surface area contributed by atoms with Gasteiger partial charge in [-0.1, -0.05) is 0 Å². The monoisotopic (exact) mass is 526 g/mol. The summed E-state index contributed by atoms with van der Waals surface area (Å²) in [7, 11) is -8.09. The highest BCUT2D eigenvalue weighted by atomic mass is 32.2. The van der Waals surface area contributed by atoms with Gasteiger partial charge in [-0.2, -0.15) is 21.6 Å². The number of hydrogen-bond donors (Lipinski definition) is 0. The molecule has 0 atom stereocenters. The first-order valence-electron chi connectivity index (χ1n) is 10.4. The minimum Gasteiger partial charge on any atom is -0.270 e. The van der Waals surface area contributed by atoms with Gasteiger partial charge in [-0.05, 0) is 80.5 Å². The van der Waals surface area contributed by atoms with Gasteiger partial charge in [0.05, 0.1) is 23.3 Å². The van der Waals surface area contributed by atoms with Crippen LogP contribution in [0.25, 0.3) is 0 Å². The summed E-state index contributed by atoms with van der Waals surface area (Å²) in [5.41, 5.74) is -1.41. The Kier molecular flexibility index (Phi) is 7.45. The van der Waals surface area contributed by atoms with Crippen LogP contribution in [0.15, 0.2) is 47.4 Å². The van der Waals surface area contributed by atoms with Gasteiger partial charge in [0, 0.05) is 5.56 Å². The third-order valence-corrected chi connectivity index (χ3v) is 9.31. The van der Waals surface area contributed by atoms with E-state index in [0.29, 0.717) is 18.6 Å². The molecule has 0 aromatic heterocycles. The van der Waals surface area contributed by atoms with Crippen molar-refractivity contribution in [1.82, 2.24) is 0 Å². The normalized spacial score (nSPS) is 22.0. The van der Waals surface area contributed by atoms with Gasteiger partial charge in [-0.25, -0.2) is 17.2 Å². The van der Waals surface area contributed by atoms with Crippen molar-refractivity contribution in [2.45, 2.75) is 47.9 Å². The van der Waals surface area contributed by atoms with Crippen molar-refractivity contribution in [3.8, 4) is 0 Å².